The maximum Gasteiger partial charge on any atom is 0.339 e. The molecular formula is C15H14N2O6S. The van der Waals surface area contributed by atoms with Gasteiger partial charge in [0.1, 0.15) is 4.90 Å². The van der Waals surface area contributed by atoms with E-state index in [-0.39, 0.29) is 22.0 Å². The van der Waals surface area contributed by atoms with E-state index in [1.54, 1.807) is 6.07 Å². The fourth-order valence-corrected chi connectivity index (χ4v) is 2.91. The standard InChI is InChI=1S/C15H14N2O6S/c1-10-7-8-12(9-14(10)17(19)20)24(21,22)23-15-6-4-3-5-13(15)16-11(2)18/h3-9H,1-2H3,(H,16,18). The molecule has 0 radical (unpaired) electrons. The number of carbonyl (C=O) groups is 1. The molecule has 2 rings (SSSR count). The molecule has 9 heteroatoms. The minimum atomic E-state index is -4.30. The lowest BCUT2D eigenvalue weighted by molar-refractivity contribution is -0.385. The van der Waals surface area contributed by atoms with Crippen LogP contribution in [0.2, 0.25) is 0 Å². The topological polar surface area (TPSA) is 116 Å². The highest BCUT2D eigenvalue weighted by Crippen LogP contribution is 2.29. The summed E-state index contributed by atoms with van der Waals surface area (Å²) < 4.78 is 29.8. The molecule has 0 saturated heterocycles. The third kappa shape index (κ3) is 3.87. The van der Waals surface area contributed by atoms with Crippen LogP contribution in [-0.4, -0.2) is 19.2 Å². The highest BCUT2D eigenvalue weighted by Gasteiger charge is 2.22. The van der Waals surface area contributed by atoms with Crippen molar-refractivity contribution >= 4 is 27.4 Å². The zero-order valence-electron chi connectivity index (χ0n) is 12.8. The van der Waals surface area contributed by atoms with Crippen molar-refractivity contribution in [1.29, 1.82) is 0 Å². The van der Waals surface area contributed by atoms with Gasteiger partial charge in [-0.2, -0.15) is 8.42 Å². The molecule has 0 spiro atoms. The van der Waals surface area contributed by atoms with Crippen molar-refractivity contribution in [1.82, 2.24) is 0 Å². The number of carbonyl (C=O) groups excluding carboxylic acids is 1. The zero-order valence-corrected chi connectivity index (χ0v) is 13.7. The Morgan fingerprint density at radius 2 is 1.88 bits per heavy atom. The van der Waals surface area contributed by atoms with Gasteiger partial charge in [0.25, 0.3) is 5.69 Å². The Bertz CT molecular complexity index is 908. The van der Waals surface area contributed by atoms with E-state index in [0.717, 1.165) is 6.07 Å². The van der Waals surface area contributed by atoms with Gasteiger partial charge in [-0.1, -0.05) is 18.2 Å². The molecule has 0 bridgehead atoms. The van der Waals surface area contributed by atoms with E-state index in [1.165, 1.54) is 44.2 Å². The van der Waals surface area contributed by atoms with E-state index in [4.69, 9.17) is 4.18 Å². The second-order valence-electron chi connectivity index (χ2n) is 4.92. The number of anilines is 1. The van der Waals surface area contributed by atoms with Crippen molar-refractivity contribution in [3.8, 4) is 5.75 Å². The van der Waals surface area contributed by atoms with Gasteiger partial charge in [-0.15, -0.1) is 0 Å². The maximum absolute atomic E-state index is 12.4. The van der Waals surface area contributed by atoms with E-state index in [0.29, 0.717) is 5.56 Å². The molecule has 0 aliphatic heterocycles. The number of hydrogen-bond acceptors (Lipinski definition) is 6. The van der Waals surface area contributed by atoms with Gasteiger partial charge in [0.05, 0.1) is 10.6 Å². The van der Waals surface area contributed by atoms with Crippen LogP contribution in [0.15, 0.2) is 47.4 Å². The number of amides is 1. The van der Waals surface area contributed by atoms with E-state index in [9.17, 15) is 23.3 Å². The molecule has 0 unspecified atom stereocenters. The fraction of sp³-hybridized carbons (Fsp3) is 0.133. The van der Waals surface area contributed by atoms with Crippen molar-refractivity contribution in [2.24, 2.45) is 0 Å². The first-order valence-electron chi connectivity index (χ1n) is 6.77. The maximum atomic E-state index is 12.4. The molecule has 0 saturated carbocycles. The third-order valence-corrected chi connectivity index (χ3v) is 4.29. The van der Waals surface area contributed by atoms with Crippen LogP contribution in [0.4, 0.5) is 11.4 Å². The molecule has 0 fully saturated rings. The summed E-state index contributed by atoms with van der Waals surface area (Å²) >= 11 is 0. The Kier molecular flexibility index (Phi) is 4.84. The number of nitrogens with one attached hydrogen (secondary N) is 1. The summed E-state index contributed by atoms with van der Waals surface area (Å²) in [6.07, 6.45) is 0. The van der Waals surface area contributed by atoms with E-state index in [1.807, 2.05) is 0 Å². The van der Waals surface area contributed by atoms with Gasteiger partial charge in [0.2, 0.25) is 5.91 Å². The number of aryl methyl sites for hydroxylation is 1. The molecule has 0 atom stereocenters. The number of nitro groups is 1. The van der Waals surface area contributed by atoms with Gasteiger partial charge >= 0.3 is 10.1 Å². The number of benzene rings is 2. The van der Waals surface area contributed by atoms with Crippen LogP contribution in [0, 0.1) is 17.0 Å². The lowest BCUT2D eigenvalue weighted by Crippen LogP contribution is -2.13. The second kappa shape index (κ2) is 6.67. The van der Waals surface area contributed by atoms with Crippen LogP contribution in [0.3, 0.4) is 0 Å². The van der Waals surface area contributed by atoms with Gasteiger partial charge in [0.15, 0.2) is 5.75 Å². The Labute approximate surface area is 138 Å². The largest absolute Gasteiger partial charge is 0.377 e. The molecule has 0 aromatic heterocycles. The highest BCUT2D eigenvalue weighted by molar-refractivity contribution is 7.87. The lowest BCUT2D eigenvalue weighted by atomic mass is 10.2. The van der Waals surface area contributed by atoms with Crippen LogP contribution in [0.5, 0.6) is 5.75 Å². The summed E-state index contributed by atoms with van der Waals surface area (Å²) in [6.45, 7) is 2.77. The molecule has 1 amide bonds. The number of nitrogens with zero attached hydrogens (tertiary/aromatic N) is 1. The summed E-state index contributed by atoms with van der Waals surface area (Å²) in [5.74, 6) is -0.481. The van der Waals surface area contributed by atoms with Crippen LogP contribution in [-0.2, 0) is 14.9 Å². The minimum Gasteiger partial charge on any atom is -0.377 e. The molecule has 0 aliphatic carbocycles. The van der Waals surface area contributed by atoms with Gasteiger partial charge in [-0.05, 0) is 25.1 Å². The Hall–Kier alpha value is -2.94. The quantitative estimate of drug-likeness (QED) is 0.503. The van der Waals surface area contributed by atoms with Crippen LogP contribution in [0.1, 0.15) is 12.5 Å². The smallest absolute Gasteiger partial charge is 0.339 e. The number of para-hydroxylation sites is 2. The highest BCUT2D eigenvalue weighted by atomic mass is 32.2. The van der Waals surface area contributed by atoms with Crippen molar-refractivity contribution < 1.29 is 22.3 Å². The molecule has 0 heterocycles. The van der Waals surface area contributed by atoms with Crippen LogP contribution in [0.25, 0.3) is 0 Å². The molecule has 0 aliphatic rings. The molecule has 24 heavy (non-hydrogen) atoms. The molecule has 2 aromatic carbocycles. The second-order valence-corrected chi connectivity index (χ2v) is 6.47. The average Bonchev–Trinajstić information content (AvgIpc) is 2.48. The summed E-state index contributed by atoms with van der Waals surface area (Å²) in [5, 5.41) is 13.4. The number of hydrogen-bond donors (Lipinski definition) is 1. The Morgan fingerprint density at radius 1 is 1.21 bits per heavy atom. The first kappa shape index (κ1) is 17.4. The third-order valence-electron chi connectivity index (χ3n) is 3.06. The monoisotopic (exact) mass is 350 g/mol. The molecule has 1 N–H and O–H groups in total. The van der Waals surface area contributed by atoms with Gasteiger partial charge in [-0.25, -0.2) is 0 Å². The van der Waals surface area contributed by atoms with Gasteiger partial charge < -0.3 is 9.50 Å². The summed E-state index contributed by atoms with van der Waals surface area (Å²) in [7, 11) is -4.30. The summed E-state index contributed by atoms with van der Waals surface area (Å²) in [6, 6.07) is 9.46. The SMILES string of the molecule is CC(=O)Nc1ccccc1OS(=O)(=O)c1ccc(C)c([N+](=O)[O-])c1. The molecule has 8 nitrogen and oxygen atoms in total. The number of rotatable bonds is 5. The number of nitro benzene ring substituents is 1. The van der Waals surface area contributed by atoms with Crippen molar-refractivity contribution in [3.63, 3.8) is 0 Å². The first-order chi connectivity index (χ1) is 11.2. The predicted octanol–water partition coefficient (Wildman–Crippen LogP) is 2.63. The molecule has 2 aromatic rings. The van der Waals surface area contributed by atoms with Gasteiger partial charge in [0, 0.05) is 18.6 Å². The molecule has 126 valence electrons. The normalized spacial score (nSPS) is 10.9. The fourth-order valence-electron chi connectivity index (χ4n) is 1.94. The lowest BCUT2D eigenvalue weighted by Gasteiger charge is -2.11. The average molecular weight is 350 g/mol. The van der Waals surface area contributed by atoms with Crippen molar-refractivity contribution in [2.75, 3.05) is 5.32 Å². The van der Waals surface area contributed by atoms with Crippen molar-refractivity contribution in [3.05, 3.63) is 58.1 Å². The Balaban J connectivity index is 2.41. The van der Waals surface area contributed by atoms with Crippen molar-refractivity contribution in [2.45, 2.75) is 18.7 Å². The predicted molar refractivity (Wildman–Crippen MR) is 86.4 cm³/mol. The van der Waals surface area contributed by atoms with E-state index in [2.05, 4.69) is 5.32 Å². The van der Waals surface area contributed by atoms with Gasteiger partial charge in [-0.3, -0.25) is 14.9 Å². The van der Waals surface area contributed by atoms with E-state index >= 15 is 0 Å². The molecular weight excluding hydrogens is 336 g/mol. The Morgan fingerprint density at radius 3 is 2.50 bits per heavy atom. The summed E-state index contributed by atoms with van der Waals surface area (Å²) in [5.41, 5.74) is 0.183. The van der Waals surface area contributed by atoms with Crippen LogP contribution >= 0.6 is 0 Å². The summed E-state index contributed by atoms with van der Waals surface area (Å²) in [4.78, 5) is 21.1. The minimum absolute atomic E-state index is 0.0871. The van der Waals surface area contributed by atoms with Crippen LogP contribution < -0.4 is 9.50 Å². The first-order valence-corrected chi connectivity index (χ1v) is 8.17. The van der Waals surface area contributed by atoms with E-state index < -0.39 is 20.9 Å². The zero-order chi connectivity index (χ0) is 17.9.